The van der Waals surface area contributed by atoms with Crippen molar-refractivity contribution in [3.63, 3.8) is 0 Å². The highest BCUT2D eigenvalue weighted by Gasteiger charge is 2.35. The Morgan fingerprint density at radius 3 is 2.29 bits per heavy atom. The first kappa shape index (κ1) is 16.8. The highest BCUT2D eigenvalue weighted by atomic mass is 79.9. The Kier molecular flexibility index (Phi) is 5.00. The summed E-state index contributed by atoms with van der Waals surface area (Å²) in [7, 11) is 0. The van der Waals surface area contributed by atoms with Crippen LogP contribution in [-0.4, -0.2) is 0 Å². The lowest BCUT2D eigenvalue weighted by Gasteiger charge is -2.16. The molecule has 1 unspecified atom stereocenters. The Bertz CT molecular complexity index is 671. The second-order valence-electron chi connectivity index (χ2n) is 4.23. The van der Waals surface area contributed by atoms with Crippen LogP contribution >= 0.6 is 43.5 Å². The van der Waals surface area contributed by atoms with E-state index in [1.54, 1.807) is 18.2 Å². The zero-order chi connectivity index (χ0) is 15.8. The van der Waals surface area contributed by atoms with Crippen LogP contribution in [-0.2, 0) is 6.18 Å². The van der Waals surface area contributed by atoms with E-state index in [1.807, 2.05) is 0 Å². The van der Waals surface area contributed by atoms with Crippen molar-refractivity contribution in [2.24, 2.45) is 0 Å². The van der Waals surface area contributed by atoms with Crippen LogP contribution in [0, 0.1) is 5.82 Å². The zero-order valence-electron chi connectivity index (χ0n) is 10.2. The number of rotatable bonds is 2. The summed E-state index contributed by atoms with van der Waals surface area (Å²) in [6.07, 6.45) is -4.76. The zero-order valence-corrected chi connectivity index (χ0v) is 14.1. The van der Waals surface area contributed by atoms with Crippen LogP contribution in [0.4, 0.5) is 17.6 Å². The Labute approximate surface area is 140 Å². The summed E-state index contributed by atoms with van der Waals surface area (Å²) in [4.78, 5) is 0. The molecule has 0 aromatic heterocycles. The fraction of sp³-hybridized carbons (Fsp3) is 0.143. The molecule has 0 radical (unpaired) electrons. The molecule has 0 aliphatic carbocycles. The molecule has 0 amide bonds. The average Bonchev–Trinajstić information content (AvgIpc) is 2.39. The maximum absolute atomic E-state index is 14.1. The minimum Gasteiger partial charge on any atom is -0.206 e. The van der Waals surface area contributed by atoms with E-state index in [9.17, 15) is 17.6 Å². The molecule has 2 rings (SSSR count). The van der Waals surface area contributed by atoms with Gasteiger partial charge in [0.05, 0.1) is 10.9 Å². The molecule has 7 heteroatoms. The van der Waals surface area contributed by atoms with Crippen LogP contribution in [0.5, 0.6) is 0 Å². The minimum atomic E-state index is -4.76. The summed E-state index contributed by atoms with van der Waals surface area (Å²) >= 11 is 12.7. The SMILES string of the molecule is Fc1c(C(Cl)c2cc(Br)ccc2Br)cccc1C(F)(F)F. The standard InChI is InChI=1S/C14H7Br2ClF4/c15-7-4-5-11(16)9(6-7)12(17)8-2-1-3-10(13(8)18)14(19,20)21/h1-6,12H. The molecular weight excluding hydrogens is 439 g/mol. The van der Waals surface area contributed by atoms with Crippen molar-refractivity contribution in [3.05, 3.63) is 67.9 Å². The highest BCUT2D eigenvalue weighted by Crippen LogP contribution is 2.40. The van der Waals surface area contributed by atoms with Gasteiger partial charge in [-0.05, 0) is 29.8 Å². The summed E-state index contributed by atoms with van der Waals surface area (Å²) in [6, 6.07) is 8.12. The quantitative estimate of drug-likeness (QED) is 0.356. The summed E-state index contributed by atoms with van der Waals surface area (Å²) < 4.78 is 53.6. The van der Waals surface area contributed by atoms with Crippen LogP contribution in [0.1, 0.15) is 22.1 Å². The van der Waals surface area contributed by atoms with Crippen LogP contribution < -0.4 is 0 Å². The fourth-order valence-corrected chi connectivity index (χ4v) is 3.18. The number of hydrogen-bond donors (Lipinski definition) is 0. The van der Waals surface area contributed by atoms with Crippen LogP contribution in [0.3, 0.4) is 0 Å². The molecule has 112 valence electrons. The molecule has 0 aliphatic heterocycles. The normalized spacial score (nSPS) is 13.3. The molecule has 0 saturated carbocycles. The highest BCUT2D eigenvalue weighted by molar-refractivity contribution is 9.11. The average molecular weight is 446 g/mol. The summed E-state index contributed by atoms with van der Waals surface area (Å²) in [5.74, 6) is -1.35. The smallest absolute Gasteiger partial charge is 0.206 e. The lowest BCUT2D eigenvalue weighted by molar-refractivity contribution is -0.140. The van der Waals surface area contributed by atoms with E-state index in [0.717, 1.165) is 6.07 Å². The van der Waals surface area contributed by atoms with E-state index in [4.69, 9.17) is 11.6 Å². The Morgan fingerprint density at radius 1 is 1.00 bits per heavy atom. The second kappa shape index (κ2) is 6.26. The number of hydrogen-bond acceptors (Lipinski definition) is 0. The summed E-state index contributed by atoms with van der Waals surface area (Å²) in [5, 5.41) is -1.04. The van der Waals surface area contributed by atoms with E-state index >= 15 is 0 Å². The molecule has 0 saturated heterocycles. The van der Waals surface area contributed by atoms with Crippen molar-refractivity contribution in [3.8, 4) is 0 Å². The molecule has 0 heterocycles. The van der Waals surface area contributed by atoms with Gasteiger partial charge in [0.1, 0.15) is 5.82 Å². The molecule has 1 atom stereocenters. The van der Waals surface area contributed by atoms with Gasteiger partial charge in [-0.3, -0.25) is 0 Å². The van der Waals surface area contributed by atoms with Crippen LogP contribution in [0.15, 0.2) is 45.3 Å². The van der Waals surface area contributed by atoms with Crippen molar-refractivity contribution in [2.45, 2.75) is 11.6 Å². The van der Waals surface area contributed by atoms with Crippen LogP contribution in [0.25, 0.3) is 0 Å². The van der Waals surface area contributed by atoms with Gasteiger partial charge in [0, 0.05) is 14.5 Å². The third kappa shape index (κ3) is 3.60. The predicted octanol–water partition coefficient (Wildman–Crippen LogP) is 6.70. The first-order valence-corrected chi connectivity index (χ1v) is 7.68. The van der Waals surface area contributed by atoms with Gasteiger partial charge in [0.25, 0.3) is 0 Å². The molecule has 0 aliphatic rings. The Morgan fingerprint density at radius 2 is 1.67 bits per heavy atom. The number of benzene rings is 2. The topological polar surface area (TPSA) is 0 Å². The van der Waals surface area contributed by atoms with Crippen molar-refractivity contribution in [2.75, 3.05) is 0 Å². The van der Waals surface area contributed by atoms with Gasteiger partial charge in [0.15, 0.2) is 0 Å². The Hall–Kier alpha value is -0.590. The minimum absolute atomic E-state index is 0.217. The molecule has 2 aromatic rings. The molecule has 21 heavy (non-hydrogen) atoms. The van der Waals surface area contributed by atoms with Gasteiger partial charge in [-0.25, -0.2) is 4.39 Å². The molecule has 2 aromatic carbocycles. The maximum Gasteiger partial charge on any atom is 0.419 e. The molecule has 0 fully saturated rings. The molecule has 0 spiro atoms. The lowest BCUT2D eigenvalue weighted by Crippen LogP contribution is -2.11. The number of halogens is 7. The van der Waals surface area contributed by atoms with E-state index in [1.165, 1.54) is 6.07 Å². The van der Waals surface area contributed by atoms with Crippen molar-refractivity contribution >= 4 is 43.5 Å². The van der Waals surface area contributed by atoms with Crippen molar-refractivity contribution in [1.82, 2.24) is 0 Å². The van der Waals surface area contributed by atoms with Gasteiger partial charge in [-0.2, -0.15) is 13.2 Å². The number of alkyl halides is 4. The first-order valence-electron chi connectivity index (χ1n) is 5.66. The van der Waals surface area contributed by atoms with E-state index in [-0.39, 0.29) is 5.56 Å². The largest absolute Gasteiger partial charge is 0.419 e. The predicted molar refractivity (Wildman–Crippen MR) is 80.9 cm³/mol. The third-order valence-electron chi connectivity index (χ3n) is 2.84. The first-order chi connectivity index (χ1) is 9.71. The summed E-state index contributed by atoms with van der Waals surface area (Å²) in [6.45, 7) is 0. The monoisotopic (exact) mass is 444 g/mol. The van der Waals surface area contributed by atoms with Crippen molar-refractivity contribution < 1.29 is 17.6 Å². The van der Waals surface area contributed by atoms with Crippen molar-refractivity contribution in [1.29, 1.82) is 0 Å². The molecule has 0 nitrogen and oxygen atoms in total. The molecule has 0 N–H and O–H groups in total. The lowest BCUT2D eigenvalue weighted by atomic mass is 10.0. The van der Waals surface area contributed by atoms with Gasteiger partial charge in [-0.1, -0.05) is 44.0 Å². The van der Waals surface area contributed by atoms with E-state index < -0.39 is 22.9 Å². The molecule has 0 bridgehead atoms. The van der Waals surface area contributed by atoms with E-state index in [0.29, 0.717) is 20.6 Å². The third-order valence-corrected chi connectivity index (χ3v) is 4.52. The Balaban J connectivity index is 2.54. The maximum atomic E-state index is 14.1. The van der Waals surface area contributed by atoms with Gasteiger partial charge in [-0.15, -0.1) is 11.6 Å². The van der Waals surface area contributed by atoms with Gasteiger partial charge < -0.3 is 0 Å². The van der Waals surface area contributed by atoms with Gasteiger partial charge >= 0.3 is 6.18 Å². The van der Waals surface area contributed by atoms with E-state index in [2.05, 4.69) is 31.9 Å². The second-order valence-corrected chi connectivity index (χ2v) is 6.44. The van der Waals surface area contributed by atoms with Gasteiger partial charge in [0.2, 0.25) is 0 Å². The fourth-order valence-electron chi connectivity index (χ4n) is 1.84. The summed E-state index contributed by atoms with van der Waals surface area (Å²) in [5.41, 5.74) is -1.06. The van der Waals surface area contributed by atoms with Crippen LogP contribution in [0.2, 0.25) is 0 Å². The molecular formula is C14H7Br2ClF4.